The van der Waals surface area contributed by atoms with Crippen LogP contribution in [0.3, 0.4) is 0 Å². The number of thiazole rings is 1. The van der Waals surface area contributed by atoms with Crippen LogP contribution in [0.25, 0.3) is 20.7 Å². The number of pyridine rings is 1. The average Bonchev–Trinajstić information content (AvgIpc) is 3.46. The Kier molecular flexibility index (Phi) is 6.37. The Labute approximate surface area is 196 Å². The van der Waals surface area contributed by atoms with Crippen LogP contribution >= 0.6 is 34.4 Å². The van der Waals surface area contributed by atoms with Crippen LogP contribution < -0.4 is 11.1 Å². The molecule has 0 bridgehead atoms. The molecular weight excluding hydrogens is 460 g/mol. The number of benzene rings is 1. The molecule has 0 fully saturated rings. The molecule has 0 spiro atoms. The molecule has 158 valence electrons. The van der Waals surface area contributed by atoms with Gasteiger partial charge in [-0.05, 0) is 30.0 Å². The predicted octanol–water partition coefficient (Wildman–Crippen LogP) is 5.25. The monoisotopic (exact) mass is 476 g/mol. The van der Waals surface area contributed by atoms with Gasteiger partial charge in [0.2, 0.25) is 5.91 Å². The number of nitriles is 2. The zero-order valence-corrected chi connectivity index (χ0v) is 19.3. The molecule has 4 aromatic rings. The van der Waals surface area contributed by atoms with Crippen molar-refractivity contribution in [2.45, 2.75) is 23.6 Å². The summed E-state index contributed by atoms with van der Waals surface area (Å²) in [6.07, 6.45) is 0.502. The molecule has 1 unspecified atom stereocenters. The van der Waals surface area contributed by atoms with Crippen molar-refractivity contribution in [3.63, 3.8) is 0 Å². The number of thiophene rings is 1. The number of nitrogen functional groups attached to an aromatic ring is 1. The van der Waals surface area contributed by atoms with E-state index in [1.165, 1.54) is 34.4 Å². The van der Waals surface area contributed by atoms with Crippen LogP contribution in [0.4, 0.5) is 10.9 Å². The molecule has 3 N–H and O–H groups in total. The first-order chi connectivity index (χ1) is 15.5. The average molecular weight is 477 g/mol. The van der Waals surface area contributed by atoms with Crippen LogP contribution in [0.5, 0.6) is 0 Å². The Hall–Kier alpha value is -3.44. The van der Waals surface area contributed by atoms with Crippen molar-refractivity contribution in [1.82, 2.24) is 9.97 Å². The maximum Gasteiger partial charge on any atom is 0.239 e. The summed E-state index contributed by atoms with van der Waals surface area (Å²) in [5.74, 6) is -0.193. The number of nitrogens with zero attached hydrogens (tertiary/aromatic N) is 4. The van der Waals surface area contributed by atoms with Crippen LogP contribution in [0.1, 0.15) is 24.5 Å². The van der Waals surface area contributed by atoms with E-state index >= 15 is 0 Å². The number of hydrogen-bond acceptors (Lipinski definition) is 9. The van der Waals surface area contributed by atoms with E-state index in [1.807, 2.05) is 48.7 Å². The van der Waals surface area contributed by atoms with Gasteiger partial charge in [-0.1, -0.05) is 48.2 Å². The van der Waals surface area contributed by atoms with Gasteiger partial charge >= 0.3 is 0 Å². The second-order valence-electron chi connectivity index (χ2n) is 6.62. The number of rotatable bonds is 6. The van der Waals surface area contributed by atoms with Gasteiger partial charge < -0.3 is 11.1 Å². The number of hydrogen-bond donors (Lipinski definition) is 2. The van der Waals surface area contributed by atoms with Gasteiger partial charge in [0.05, 0.1) is 21.0 Å². The highest BCUT2D eigenvalue weighted by molar-refractivity contribution is 8.00. The van der Waals surface area contributed by atoms with Crippen molar-refractivity contribution in [2.24, 2.45) is 0 Å². The Morgan fingerprint density at radius 1 is 1.19 bits per heavy atom. The minimum Gasteiger partial charge on any atom is -0.383 e. The number of amides is 1. The zero-order valence-electron chi connectivity index (χ0n) is 16.8. The van der Waals surface area contributed by atoms with E-state index < -0.39 is 5.25 Å². The largest absolute Gasteiger partial charge is 0.383 e. The first kappa shape index (κ1) is 21.8. The Morgan fingerprint density at radius 2 is 1.97 bits per heavy atom. The summed E-state index contributed by atoms with van der Waals surface area (Å²) in [5, 5.41) is 24.6. The molecule has 0 saturated carbocycles. The topological polar surface area (TPSA) is 128 Å². The lowest BCUT2D eigenvalue weighted by Crippen LogP contribution is -2.24. The maximum absolute atomic E-state index is 13.0. The first-order valence-electron chi connectivity index (χ1n) is 9.56. The minimum absolute atomic E-state index is 0.0406. The van der Waals surface area contributed by atoms with Crippen molar-refractivity contribution in [3.8, 4) is 22.6 Å². The van der Waals surface area contributed by atoms with Gasteiger partial charge in [0.15, 0.2) is 5.13 Å². The maximum atomic E-state index is 13.0. The van der Waals surface area contributed by atoms with Crippen molar-refractivity contribution in [3.05, 3.63) is 52.9 Å². The van der Waals surface area contributed by atoms with E-state index in [1.54, 1.807) is 0 Å². The Morgan fingerprint density at radius 3 is 2.62 bits per heavy atom. The molecule has 0 radical (unpaired) electrons. The quantitative estimate of drug-likeness (QED) is 0.363. The molecule has 7 nitrogen and oxygen atoms in total. The molecule has 10 heteroatoms. The summed E-state index contributed by atoms with van der Waals surface area (Å²) in [5.41, 5.74) is 7.75. The predicted molar refractivity (Wildman–Crippen MR) is 130 cm³/mol. The molecule has 0 aliphatic heterocycles. The van der Waals surface area contributed by atoms with E-state index in [4.69, 9.17) is 5.73 Å². The molecule has 4 rings (SSSR count). The van der Waals surface area contributed by atoms with Crippen LogP contribution in [-0.2, 0) is 4.79 Å². The van der Waals surface area contributed by atoms with Gasteiger partial charge in [0, 0.05) is 10.4 Å². The van der Waals surface area contributed by atoms with Crippen LogP contribution in [0, 0.1) is 22.7 Å². The van der Waals surface area contributed by atoms with Gasteiger partial charge in [0.1, 0.15) is 28.5 Å². The van der Waals surface area contributed by atoms with E-state index in [-0.39, 0.29) is 22.9 Å². The fourth-order valence-corrected chi connectivity index (χ4v) is 5.79. The van der Waals surface area contributed by atoms with E-state index in [2.05, 4.69) is 27.4 Å². The lowest BCUT2D eigenvalue weighted by atomic mass is 10.0. The second-order valence-corrected chi connectivity index (χ2v) is 9.79. The molecule has 32 heavy (non-hydrogen) atoms. The van der Waals surface area contributed by atoms with Gasteiger partial charge in [-0.3, -0.25) is 4.79 Å². The first-order valence-corrected chi connectivity index (χ1v) is 12.1. The highest BCUT2D eigenvalue weighted by Crippen LogP contribution is 2.39. The van der Waals surface area contributed by atoms with Crippen LogP contribution in [0.2, 0.25) is 0 Å². The molecule has 3 aromatic heterocycles. The second kappa shape index (κ2) is 9.37. The fraction of sp³-hybridized carbons (Fsp3) is 0.136. The van der Waals surface area contributed by atoms with Crippen molar-refractivity contribution < 1.29 is 4.79 Å². The van der Waals surface area contributed by atoms with E-state index in [0.717, 1.165) is 15.1 Å². The summed E-state index contributed by atoms with van der Waals surface area (Å²) < 4.78 is 0.984. The number of aromatic nitrogens is 2. The van der Waals surface area contributed by atoms with Crippen molar-refractivity contribution in [2.75, 3.05) is 11.1 Å². The lowest BCUT2D eigenvalue weighted by Gasteiger charge is -2.16. The summed E-state index contributed by atoms with van der Waals surface area (Å²) in [4.78, 5) is 22.5. The third kappa shape index (κ3) is 4.16. The molecule has 1 atom stereocenters. The van der Waals surface area contributed by atoms with Gasteiger partial charge in [0.25, 0.3) is 0 Å². The standard InChI is InChI=1S/C22H16N6OS3/c1-2-15(20(29)28-22-26-14-6-3-4-7-16(14)32-22)31-21-13(11-24)18(17-8-5-9-30-17)12(10-23)19(25)27-21/h3-9,15H,2H2,1H3,(H2,25,27)(H,26,28,29). The Bertz CT molecular complexity index is 1350. The van der Waals surface area contributed by atoms with Crippen molar-refractivity contribution in [1.29, 1.82) is 10.5 Å². The zero-order chi connectivity index (χ0) is 22.7. The number of anilines is 2. The SMILES string of the molecule is CCC(Sc1nc(N)c(C#N)c(-c2cccs2)c1C#N)C(=O)Nc1nc2ccccc2s1. The third-order valence-corrected chi connectivity index (χ3v) is 7.81. The third-order valence-electron chi connectivity index (χ3n) is 4.62. The minimum atomic E-state index is -0.523. The van der Waals surface area contributed by atoms with Crippen molar-refractivity contribution >= 4 is 61.5 Å². The smallest absolute Gasteiger partial charge is 0.239 e. The molecule has 1 aromatic carbocycles. The molecule has 0 saturated heterocycles. The highest BCUT2D eigenvalue weighted by atomic mass is 32.2. The molecular formula is C22H16N6OS3. The Balaban J connectivity index is 1.66. The number of carbonyl (C=O) groups excluding carboxylic acids is 1. The highest BCUT2D eigenvalue weighted by Gasteiger charge is 2.26. The summed E-state index contributed by atoms with van der Waals surface area (Å²) >= 11 is 3.97. The fourth-order valence-electron chi connectivity index (χ4n) is 3.12. The summed E-state index contributed by atoms with van der Waals surface area (Å²) in [7, 11) is 0. The number of nitrogens with two attached hydrogens (primary N) is 1. The summed E-state index contributed by atoms with van der Waals surface area (Å²) in [6, 6.07) is 15.6. The lowest BCUT2D eigenvalue weighted by molar-refractivity contribution is -0.115. The molecule has 0 aliphatic rings. The number of thioether (sulfide) groups is 1. The number of carbonyl (C=O) groups is 1. The summed E-state index contributed by atoms with van der Waals surface area (Å²) in [6.45, 7) is 1.88. The van der Waals surface area contributed by atoms with E-state index in [9.17, 15) is 15.3 Å². The van der Waals surface area contributed by atoms with Gasteiger partial charge in [-0.25, -0.2) is 9.97 Å². The number of nitrogens with one attached hydrogen (secondary N) is 1. The molecule has 3 heterocycles. The van der Waals surface area contributed by atoms with E-state index in [0.29, 0.717) is 22.1 Å². The van der Waals surface area contributed by atoms with Gasteiger partial charge in [-0.15, -0.1) is 11.3 Å². The molecule has 0 aliphatic carbocycles. The number of fused-ring (bicyclic) bond motifs is 1. The van der Waals surface area contributed by atoms with Gasteiger partial charge in [-0.2, -0.15) is 10.5 Å². The van der Waals surface area contributed by atoms with Crippen LogP contribution in [0.15, 0.2) is 46.8 Å². The van der Waals surface area contributed by atoms with Crippen LogP contribution in [-0.4, -0.2) is 21.1 Å². The normalized spacial score (nSPS) is 11.6. The molecule has 1 amide bonds. The number of para-hydroxylation sites is 1.